The van der Waals surface area contributed by atoms with Crippen molar-refractivity contribution in [3.8, 4) is 5.75 Å². The molecule has 0 radical (unpaired) electrons. The number of sulfone groups is 1. The van der Waals surface area contributed by atoms with Gasteiger partial charge in [-0.05, 0) is 50.2 Å². The Morgan fingerprint density at radius 1 is 1.06 bits per heavy atom. The number of rotatable bonds is 8. The van der Waals surface area contributed by atoms with Crippen LogP contribution in [0.2, 0.25) is 0 Å². The van der Waals surface area contributed by atoms with Gasteiger partial charge in [-0.3, -0.25) is 14.7 Å². The minimum atomic E-state index is -3.83. The number of carbonyl (C=O) groups excluding carboxylic acids is 1. The monoisotopic (exact) mass is 481 g/mol. The van der Waals surface area contributed by atoms with Crippen LogP contribution in [-0.4, -0.2) is 36.7 Å². The third-order valence-electron chi connectivity index (χ3n) is 4.94. The molecule has 9 heteroatoms. The second-order valence-electron chi connectivity index (χ2n) is 7.41. The van der Waals surface area contributed by atoms with Gasteiger partial charge in [0, 0.05) is 6.20 Å². The van der Waals surface area contributed by atoms with Crippen LogP contribution >= 0.6 is 11.3 Å². The number of anilines is 1. The molecule has 2 heterocycles. The molecule has 0 fully saturated rings. The van der Waals surface area contributed by atoms with Crippen LogP contribution in [0.3, 0.4) is 0 Å². The molecule has 0 aliphatic carbocycles. The minimum absolute atomic E-state index is 0.104. The number of aromatic nitrogens is 2. The van der Waals surface area contributed by atoms with Gasteiger partial charge in [0.2, 0.25) is 5.91 Å². The number of ether oxygens (including phenoxy) is 1. The van der Waals surface area contributed by atoms with Crippen LogP contribution in [-0.2, 0) is 21.2 Å². The number of fused-ring (bicyclic) bond motifs is 1. The lowest BCUT2D eigenvalue weighted by Gasteiger charge is -2.19. The average Bonchev–Trinajstić information content (AvgIpc) is 3.23. The van der Waals surface area contributed by atoms with E-state index >= 15 is 0 Å². The molecule has 0 bridgehead atoms. The number of para-hydroxylation sites is 1. The van der Waals surface area contributed by atoms with Gasteiger partial charge in [0.1, 0.15) is 17.0 Å². The first-order chi connectivity index (χ1) is 15.9. The molecule has 0 saturated heterocycles. The zero-order chi connectivity index (χ0) is 23.4. The molecule has 7 nitrogen and oxygen atoms in total. The molecule has 170 valence electrons. The summed E-state index contributed by atoms with van der Waals surface area (Å²) in [6.45, 7) is 4.35. The summed E-state index contributed by atoms with van der Waals surface area (Å²) in [4.78, 5) is 23.8. The van der Waals surface area contributed by atoms with E-state index in [0.29, 0.717) is 28.7 Å². The van der Waals surface area contributed by atoms with E-state index in [0.717, 1.165) is 10.3 Å². The second kappa shape index (κ2) is 9.68. The summed E-state index contributed by atoms with van der Waals surface area (Å²) in [5.74, 6) is -0.620. The fourth-order valence-corrected chi connectivity index (χ4v) is 5.48. The summed E-state index contributed by atoms with van der Waals surface area (Å²) in [6.07, 6.45) is 1.63. The maximum Gasteiger partial charge on any atom is 0.244 e. The van der Waals surface area contributed by atoms with Crippen LogP contribution in [0, 0.1) is 6.92 Å². The predicted molar refractivity (Wildman–Crippen MR) is 129 cm³/mol. The van der Waals surface area contributed by atoms with Gasteiger partial charge in [0.05, 0.1) is 28.4 Å². The van der Waals surface area contributed by atoms with E-state index in [2.05, 4.69) is 9.97 Å². The summed E-state index contributed by atoms with van der Waals surface area (Å²) in [7, 11) is -3.83. The number of thiazole rings is 1. The molecule has 0 aliphatic rings. The first-order valence-electron chi connectivity index (χ1n) is 10.4. The fraction of sp³-hybridized carbons (Fsp3) is 0.208. The van der Waals surface area contributed by atoms with Crippen molar-refractivity contribution in [1.82, 2.24) is 9.97 Å². The first-order valence-corrected chi connectivity index (χ1v) is 12.9. The number of carbonyl (C=O) groups is 1. The molecule has 0 spiro atoms. The Bertz CT molecular complexity index is 1370. The van der Waals surface area contributed by atoms with E-state index in [1.165, 1.54) is 28.4 Å². The van der Waals surface area contributed by atoms with Gasteiger partial charge >= 0.3 is 0 Å². The SMILES string of the molecule is CCOc1cccc2sc(N(Cc3ccccn3)C(=O)CS(=O)(=O)c3ccc(C)cc3)nc12. The Hall–Kier alpha value is -3.30. The molecule has 0 N–H and O–H groups in total. The van der Waals surface area contributed by atoms with Gasteiger partial charge < -0.3 is 4.74 Å². The first kappa shape index (κ1) is 22.9. The molecule has 0 unspecified atom stereocenters. The minimum Gasteiger partial charge on any atom is -0.492 e. The predicted octanol–water partition coefficient (Wildman–Crippen LogP) is 4.41. The lowest BCUT2D eigenvalue weighted by molar-refractivity contribution is -0.116. The Morgan fingerprint density at radius 2 is 1.85 bits per heavy atom. The molecule has 33 heavy (non-hydrogen) atoms. The van der Waals surface area contributed by atoms with Crippen LogP contribution in [0.15, 0.2) is 71.8 Å². The Kier molecular flexibility index (Phi) is 6.71. The zero-order valence-electron chi connectivity index (χ0n) is 18.3. The topological polar surface area (TPSA) is 89.5 Å². The zero-order valence-corrected chi connectivity index (χ0v) is 19.9. The largest absolute Gasteiger partial charge is 0.492 e. The molecule has 0 saturated carbocycles. The van der Waals surface area contributed by atoms with Crippen LogP contribution in [0.4, 0.5) is 5.13 Å². The van der Waals surface area contributed by atoms with Crippen molar-refractivity contribution in [2.75, 3.05) is 17.3 Å². The van der Waals surface area contributed by atoms with Gasteiger partial charge in [-0.25, -0.2) is 13.4 Å². The number of amides is 1. The van der Waals surface area contributed by atoms with Crippen LogP contribution in [0.25, 0.3) is 10.2 Å². The second-order valence-corrected chi connectivity index (χ2v) is 10.4. The summed E-state index contributed by atoms with van der Waals surface area (Å²) < 4.78 is 32.4. The third kappa shape index (κ3) is 5.20. The smallest absolute Gasteiger partial charge is 0.244 e. The van der Waals surface area contributed by atoms with Gasteiger partial charge in [-0.1, -0.05) is 41.2 Å². The van der Waals surface area contributed by atoms with Gasteiger partial charge in [-0.15, -0.1) is 0 Å². The molecule has 4 rings (SSSR count). The highest BCUT2D eigenvalue weighted by Crippen LogP contribution is 2.35. The molecule has 0 aliphatic heterocycles. The van der Waals surface area contributed by atoms with E-state index in [4.69, 9.17) is 4.74 Å². The molecule has 2 aromatic carbocycles. The van der Waals surface area contributed by atoms with Crippen molar-refractivity contribution in [3.05, 3.63) is 78.1 Å². The molecule has 1 amide bonds. The maximum absolute atomic E-state index is 13.3. The number of hydrogen-bond acceptors (Lipinski definition) is 7. The normalized spacial score (nSPS) is 11.5. The van der Waals surface area contributed by atoms with E-state index in [9.17, 15) is 13.2 Å². The standard InChI is InChI=1S/C24H23N3O4S2/c1-3-31-20-8-6-9-21-23(20)26-24(32-21)27(15-18-7-4-5-14-25-18)22(28)16-33(29,30)19-12-10-17(2)11-13-19/h4-14H,3,15-16H2,1-2H3. The van der Waals surface area contributed by atoms with Crippen LogP contribution < -0.4 is 9.64 Å². The molecule has 2 aromatic heterocycles. The summed E-state index contributed by atoms with van der Waals surface area (Å²) in [6, 6.07) is 17.4. The van der Waals surface area contributed by atoms with E-state index in [-0.39, 0.29) is 11.4 Å². The maximum atomic E-state index is 13.3. The van der Waals surface area contributed by atoms with E-state index in [1.54, 1.807) is 30.5 Å². The molecule has 0 atom stereocenters. The van der Waals surface area contributed by atoms with Crippen molar-refractivity contribution < 1.29 is 17.9 Å². The highest BCUT2D eigenvalue weighted by atomic mass is 32.2. The number of nitrogens with zero attached hydrogens (tertiary/aromatic N) is 3. The van der Waals surface area contributed by atoms with Crippen molar-refractivity contribution in [3.63, 3.8) is 0 Å². The molecule has 4 aromatic rings. The van der Waals surface area contributed by atoms with Crippen molar-refractivity contribution in [2.45, 2.75) is 25.3 Å². The van der Waals surface area contributed by atoms with Crippen molar-refractivity contribution in [1.29, 1.82) is 0 Å². The van der Waals surface area contributed by atoms with Gasteiger partial charge in [-0.2, -0.15) is 0 Å². The fourth-order valence-electron chi connectivity index (χ4n) is 3.28. The molecular weight excluding hydrogens is 458 g/mol. The highest BCUT2D eigenvalue weighted by molar-refractivity contribution is 7.92. The number of benzene rings is 2. The summed E-state index contributed by atoms with van der Waals surface area (Å²) >= 11 is 1.31. The Balaban J connectivity index is 1.70. The number of pyridine rings is 1. The van der Waals surface area contributed by atoms with Gasteiger partial charge in [0.15, 0.2) is 15.0 Å². The van der Waals surface area contributed by atoms with E-state index < -0.39 is 21.5 Å². The summed E-state index contributed by atoms with van der Waals surface area (Å²) in [5.41, 5.74) is 2.21. The van der Waals surface area contributed by atoms with E-state index in [1.807, 2.05) is 38.1 Å². The quantitative estimate of drug-likeness (QED) is 0.370. The lowest BCUT2D eigenvalue weighted by atomic mass is 10.2. The Labute approximate surface area is 196 Å². The summed E-state index contributed by atoms with van der Waals surface area (Å²) in [5, 5.41) is 0.395. The van der Waals surface area contributed by atoms with Crippen molar-refractivity contribution in [2.24, 2.45) is 0 Å². The third-order valence-corrected chi connectivity index (χ3v) is 7.60. The lowest BCUT2D eigenvalue weighted by Crippen LogP contribution is -2.35. The number of aryl methyl sites for hydroxylation is 1. The van der Waals surface area contributed by atoms with Gasteiger partial charge in [0.25, 0.3) is 0 Å². The van der Waals surface area contributed by atoms with Crippen LogP contribution in [0.5, 0.6) is 5.75 Å². The van der Waals surface area contributed by atoms with Crippen molar-refractivity contribution >= 4 is 42.4 Å². The average molecular weight is 482 g/mol. The molecular formula is C24H23N3O4S2. The highest BCUT2D eigenvalue weighted by Gasteiger charge is 2.27. The Morgan fingerprint density at radius 3 is 2.55 bits per heavy atom. The number of hydrogen-bond donors (Lipinski definition) is 0. The van der Waals surface area contributed by atoms with Crippen LogP contribution in [0.1, 0.15) is 18.2 Å².